The standard InChI is InChI=1S/C15H13ClFNO3/c1-7-9(15(20)21)3-4-10(14(7)17)12-6-18-13(16)5-11(12)8(2)19/h3-6,8,19H,1-2H3,(H,20,21). The number of aliphatic hydroxyl groups excluding tert-OH is 1. The molecular formula is C15H13ClFNO3. The molecule has 0 aliphatic heterocycles. The molecule has 0 radical (unpaired) electrons. The fourth-order valence-electron chi connectivity index (χ4n) is 2.14. The number of aromatic nitrogens is 1. The number of aromatic carboxylic acids is 1. The molecule has 2 aromatic rings. The van der Waals surface area contributed by atoms with Gasteiger partial charge in [0.2, 0.25) is 0 Å². The molecule has 0 saturated heterocycles. The molecule has 0 saturated carbocycles. The van der Waals surface area contributed by atoms with E-state index in [-0.39, 0.29) is 21.8 Å². The molecule has 0 aliphatic rings. The molecule has 0 spiro atoms. The van der Waals surface area contributed by atoms with E-state index in [2.05, 4.69) is 4.98 Å². The molecule has 6 heteroatoms. The zero-order valence-corrected chi connectivity index (χ0v) is 12.1. The Kier molecular flexibility index (Phi) is 4.25. The lowest BCUT2D eigenvalue weighted by atomic mass is 9.95. The zero-order valence-electron chi connectivity index (χ0n) is 11.4. The summed E-state index contributed by atoms with van der Waals surface area (Å²) in [5, 5.41) is 19.0. The lowest BCUT2D eigenvalue weighted by molar-refractivity contribution is 0.0695. The van der Waals surface area contributed by atoms with Gasteiger partial charge in [-0.25, -0.2) is 14.2 Å². The van der Waals surface area contributed by atoms with Crippen LogP contribution in [0.25, 0.3) is 11.1 Å². The largest absolute Gasteiger partial charge is 0.478 e. The third kappa shape index (κ3) is 2.89. The van der Waals surface area contributed by atoms with Crippen molar-refractivity contribution in [3.8, 4) is 11.1 Å². The van der Waals surface area contributed by atoms with E-state index in [1.807, 2.05) is 0 Å². The van der Waals surface area contributed by atoms with Crippen molar-refractivity contribution in [3.05, 3.63) is 52.1 Å². The predicted molar refractivity (Wildman–Crippen MR) is 77.0 cm³/mol. The number of hydrogen-bond donors (Lipinski definition) is 2. The maximum Gasteiger partial charge on any atom is 0.336 e. The predicted octanol–water partition coefficient (Wildman–Crippen LogP) is 3.60. The van der Waals surface area contributed by atoms with Crippen LogP contribution in [0.1, 0.15) is 34.5 Å². The van der Waals surface area contributed by atoms with E-state index in [1.54, 1.807) is 0 Å². The highest BCUT2D eigenvalue weighted by Crippen LogP contribution is 2.33. The van der Waals surface area contributed by atoms with Crippen LogP contribution in [0.15, 0.2) is 24.4 Å². The summed E-state index contributed by atoms with van der Waals surface area (Å²) in [5.74, 6) is -1.84. The van der Waals surface area contributed by atoms with Crippen molar-refractivity contribution in [1.29, 1.82) is 0 Å². The first-order valence-electron chi connectivity index (χ1n) is 6.19. The minimum Gasteiger partial charge on any atom is -0.478 e. The van der Waals surface area contributed by atoms with Gasteiger partial charge in [-0.3, -0.25) is 0 Å². The highest BCUT2D eigenvalue weighted by atomic mass is 35.5. The molecule has 0 fully saturated rings. The normalized spacial score (nSPS) is 12.2. The molecule has 1 aromatic carbocycles. The lowest BCUT2D eigenvalue weighted by Crippen LogP contribution is -2.04. The zero-order chi connectivity index (χ0) is 15.7. The van der Waals surface area contributed by atoms with Crippen LogP contribution < -0.4 is 0 Å². The Morgan fingerprint density at radius 3 is 2.62 bits per heavy atom. The quantitative estimate of drug-likeness (QED) is 0.850. The van der Waals surface area contributed by atoms with Crippen LogP contribution in [0, 0.1) is 12.7 Å². The number of hydrogen-bond acceptors (Lipinski definition) is 3. The van der Waals surface area contributed by atoms with Gasteiger partial charge in [0.05, 0.1) is 11.7 Å². The van der Waals surface area contributed by atoms with Gasteiger partial charge in [-0.05, 0) is 37.1 Å². The Balaban J connectivity index is 2.68. The summed E-state index contributed by atoms with van der Waals surface area (Å²) < 4.78 is 14.4. The molecule has 4 nitrogen and oxygen atoms in total. The number of halogens is 2. The maximum atomic E-state index is 14.4. The summed E-state index contributed by atoms with van der Waals surface area (Å²) in [5.41, 5.74) is 0.921. The van der Waals surface area contributed by atoms with Crippen molar-refractivity contribution in [2.45, 2.75) is 20.0 Å². The summed E-state index contributed by atoms with van der Waals surface area (Å²) in [6.07, 6.45) is 0.502. The number of rotatable bonds is 3. The Morgan fingerprint density at radius 2 is 2.05 bits per heavy atom. The van der Waals surface area contributed by atoms with Gasteiger partial charge in [0.1, 0.15) is 11.0 Å². The molecule has 0 aliphatic carbocycles. The average Bonchev–Trinajstić information content (AvgIpc) is 2.41. The highest BCUT2D eigenvalue weighted by molar-refractivity contribution is 6.29. The molecule has 1 aromatic heterocycles. The number of benzene rings is 1. The Morgan fingerprint density at radius 1 is 1.38 bits per heavy atom. The van der Waals surface area contributed by atoms with Crippen molar-refractivity contribution in [2.75, 3.05) is 0 Å². The highest BCUT2D eigenvalue weighted by Gasteiger charge is 2.19. The van der Waals surface area contributed by atoms with Crippen molar-refractivity contribution in [2.24, 2.45) is 0 Å². The maximum absolute atomic E-state index is 14.4. The number of carboxylic acids is 1. The van der Waals surface area contributed by atoms with Crippen LogP contribution in [0.5, 0.6) is 0 Å². The smallest absolute Gasteiger partial charge is 0.336 e. The van der Waals surface area contributed by atoms with Gasteiger partial charge in [0.15, 0.2) is 0 Å². The van der Waals surface area contributed by atoms with Crippen LogP contribution in [0.2, 0.25) is 5.15 Å². The van der Waals surface area contributed by atoms with E-state index in [4.69, 9.17) is 16.7 Å². The molecule has 2 rings (SSSR count). The molecular weight excluding hydrogens is 297 g/mol. The fraction of sp³-hybridized carbons (Fsp3) is 0.200. The average molecular weight is 310 g/mol. The number of aliphatic hydroxyl groups is 1. The number of carboxylic acid groups (broad SMARTS) is 1. The van der Waals surface area contributed by atoms with E-state index in [1.165, 1.54) is 38.2 Å². The minimum atomic E-state index is -1.19. The second kappa shape index (κ2) is 5.79. The van der Waals surface area contributed by atoms with Crippen LogP contribution in [0.4, 0.5) is 4.39 Å². The van der Waals surface area contributed by atoms with Crippen LogP contribution in [0.3, 0.4) is 0 Å². The van der Waals surface area contributed by atoms with Gasteiger partial charge in [-0.1, -0.05) is 17.7 Å². The fourth-order valence-corrected chi connectivity index (χ4v) is 2.31. The second-order valence-corrected chi connectivity index (χ2v) is 5.06. The summed E-state index contributed by atoms with van der Waals surface area (Å²) in [7, 11) is 0. The first kappa shape index (κ1) is 15.4. The number of nitrogens with zero attached hydrogens (tertiary/aromatic N) is 1. The summed E-state index contributed by atoms with van der Waals surface area (Å²) in [6, 6.07) is 4.15. The third-order valence-electron chi connectivity index (χ3n) is 3.26. The first-order chi connectivity index (χ1) is 9.82. The molecule has 1 unspecified atom stereocenters. The molecule has 0 amide bonds. The summed E-state index contributed by atoms with van der Waals surface area (Å²) in [4.78, 5) is 14.9. The lowest BCUT2D eigenvalue weighted by Gasteiger charge is -2.14. The molecule has 1 heterocycles. The Bertz CT molecular complexity index is 716. The van der Waals surface area contributed by atoms with Crippen molar-refractivity contribution in [1.82, 2.24) is 4.98 Å². The second-order valence-electron chi connectivity index (χ2n) is 4.68. The number of pyridine rings is 1. The summed E-state index contributed by atoms with van der Waals surface area (Å²) >= 11 is 5.79. The van der Waals surface area contributed by atoms with Gasteiger partial charge < -0.3 is 10.2 Å². The Hall–Kier alpha value is -1.98. The van der Waals surface area contributed by atoms with E-state index >= 15 is 0 Å². The van der Waals surface area contributed by atoms with Gasteiger partial charge >= 0.3 is 5.97 Å². The van der Waals surface area contributed by atoms with Gasteiger partial charge in [-0.15, -0.1) is 0 Å². The first-order valence-corrected chi connectivity index (χ1v) is 6.57. The van der Waals surface area contributed by atoms with Crippen molar-refractivity contribution < 1.29 is 19.4 Å². The molecule has 1 atom stereocenters. The van der Waals surface area contributed by atoms with E-state index in [9.17, 15) is 14.3 Å². The van der Waals surface area contributed by atoms with Crippen LogP contribution in [-0.2, 0) is 0 Å². The minimum absolute atomic E-state index is 0.0338. The van der Waals surface area contributed by atoms with Crippen LogP contribution >= 0.6 is 11.6 Å². The monoisotopic (exact) mass is 309 g/mol. The molecule has 0 bridgehead atoms. The topological polar surface area (TPSA) is 70.4 Å². The van der Waals surface area contributed by atoms with Crippen molar-refractivity contribution in [3.63, 3.8) is 0 Å². The molecule has 21 heavy (non-hydrogen) atoms. The Labute approximate surface area is 125 Å². The van der Waals surface area contributed by atoms with Crippen LogP contribution in [-0.4, -0.2) is 21.2 Å². The third-order valence-corrected chi connectivity index (χ3v) is 3.47. The molecule has 2 N–H and O–H groups in total. The SMILES string of the molecule is Cc1c(C(=O)O)ccc(-c2cnc(Cl)cc2C(C)O)c1F. The molecule has 110 valence electrons. The van der Waals surface area contributed by atoms with E-state index in [0.717, 1.165) is 0 Å². The van der Waals surface area contributed by atoms with Gasteiger partial charge in [-0.2, -0.15) is 0 Å². The van der Waals surface area contributed by atoms with E-state index in [0.29, 0.717) is 11.1 Å². The van der Waals surface area contributed by atoms with Gasteiger partial charge in [0.25, 0.3) is 0 Å². The van der Waals surface area contributed by atoms with Gasteiger partial charge in [0, 0.05) is 17.3 Å². The summed E-state index contributed by atoms with van der Waals surface area (Å²) in [6.45, 7) is 2.93. The van der Waals surface area contributed by atoms with E-state index < -0.39 is 17.9 Å². The van der Waals surface area contributed by atoms with Crippen molar-refractivity contribution >= 4 is 17.6 Å². The number of carbonyl (C=O) groups is 1.